The van der Waals surface area contributed by atoms with E-state index in [1.165, 1.54) is 6.92 Å². The maximum Gasteiger partial charge on any atom is 0.282 e. The third-order valence-electron chi connectivity index (χ3n) is 5.11. The van der Waals surface area contributed by atoms with Gasteiger partial charge in [-0.2, -0.15) is 0 Å². The molecule has 1 unspecified atom stereocenters. The molecule has 24 heavy (non-hydrogen) atoms. The summed E-state index contributed by atoms with van der Waals surface area (Å²) in [6, 6.07) is -1.44. The molecule has 0 spiro atoms. The summed E-state index contributed by atoms with van der Waals surface area (Å²) in [6.07, 6.45) is -8.15. The highest BCUT2D eigenvalue weighted by atomic mass is 16.8. The second-order valence-electron chi connectivity index (χ2n) is 6.47. The molecule has 6 N–H and O–H groups in total. The molecule has 10 heteroatoms. The molecule has 2 aliphatic heterocycles. The van der Waals surface area contributed by atoms with E-state index in [9.17, 15) is 25.2 Å². The monoisotopic (exact) mass is 348 g/mol. The molecule has 1 saturated carbocycles. The molecule has 2 saturated heterocycles. The molecule has 3 aliphatic rings. The molecule has 0 bridgehead atoms. The van der Waals surface area contributed by atoms with Crippen molar-refractivity contribution < 1.29 is 39.4 Å². The standard InChI is InChI=1S/C14H24N2O8/c1-4-7(17)12(20)14(21)13(22-4)23-11-9(19)5(15-2)8(18)6(16-3)10(11)24-14/h4-11,13,15-19,21H,1-3H3/t4-,5-,6+,7?,8+,9+,10-,11-,13+,14+/m1/s1. The summed E-state index contributed by atoms with van der Waals surface area (Å²) in [7, 11) is 3.16. The molecule has 0 aromatic carbocycles. The average Bonchev–Trinajstić information content (AvgIpc) is 2.54. The van der Waals surface area contributed by atoms with Gasteiger partial charge in [0.1, 0.15) is 24.4 Å². The van der Waals surface area contributed by atoms with Crippen LogP contribution in [0.5, 0.6) is 0 Å². The SMILES string of the molecule is CN[C@@H]1[C@H](O)[C@H](NC)[C@H]2O[C@@]3(O)C(=O)C(O)[C@@H](C)O[C@H]3O[C@@H]2[C@H]1O. The highest BCUT2D eigenvalue weighted by Crippen LogP contribution is 2.40. The minimum absolute atomic E-state index is 0.708. The Balaban J connectivity index is 1.94. The predicted octanol–water partition coefficient (Wildman–Crippen LogP) is -3.95. The normalized spacial score (nSPS) is 55.0. The van der Waals surface area contributed by atoms with Crippen molar-refractivity contribution in [3.05, 3.63) is 0 Å². The molecular weight excluding hydrogens is 324 g/mol. The van der Waals surface area contributed by atoms with Gasteiger partial charge < -0.3 is 45.3 Å². The summed E-state index contributed by atoms with van der Waals surface area (Å²) in [6.45, 7) is 1.46. The van der Waals surface area contributed by atoms with Gasteiger partial charge in [0.25, 0.3) is 5.79 Å². The Morgan fingerprint density at radius 2 is 1.62 bits per heavy atom. The molecule has 0 aromatic rings. The average molecular weight is 348 g/mol. The molecule has 10 nitrogen and oxygen atoms in total. The number of Topliss-reactive ketones (excluding diaryl/α,β-unsaturated/α-hetero) is 1. The number of aliphatic hydroxyl groups excluding tert-OH is 3. The zero-order valence-corrected chi connectivity index (χ0v) is 13.6. The molecule has 0 amide bonds. The van der Waals surface area contributed by atoms with Gasteiger partial charge in [-0.25, -0.2) is 0 Å². The van der Waals surface area contributed by atoms with Gasteiger partial charge in [0.05, 0.1) is 24.3 Å². The number of nitrogens with one attached hydrogen (secondary N) is 2. The zero-order chi connectivity index (χ0) is 17.8. The summed E-state index contributed by atoms with van der Waals surface area (Å²) in [4.78, 5) is 12.3. The van der Waals surface area contributed by atoms with Crippen LogP contribution < -0.4 is 10.6 Å². The van der Waals surface area contributed by atoms with Crippen LogP contribution in [0.3, 0.4) is 0 Å². The number of ether oxygens (including phenoxy) is 3. The fraction of sp³-hybridized carbons (Fsp3) is 0.929. The third-order valence-corrected chi connectivity index (χ3v) is 5.11. The topological polar surface area (TPSA) is 150 Å². The number of hydrogen-bond acceptors (Lipinski definition) is 10. The number of carbonyl (C=O) groups excluding carboxylic acids is 1. The second-order valence-corrected chi connectivity index (χ2v) is 6.47. The fourth-order valence-electron chi connectivity index (χ4n) is 3.69. The summed E-state index contributed by atoms with van der Waals surface area (Å²) in [5.41, 5.74) is 0. The highest BCUT2D eigenvalue weighted by Gasteiger charge is 2.65. The number of rotatable bonds is 2. The number of aliphatic hydroxyl groups is 4. The molecule has 10 atom stereocenters. The first-order valence-electron chi connectivity index (χ1n) is 7.90. The smallest absolute Gasteiger partial charge is 0.282 e. The van der Waals surface area contributed by atoms with Gasteiger partial charge in [-0.3, -0.25) is 4.79 Å². The second kappa shape index (κ2) is 6.24. The van der Waals surface area contributed by atoms with Crippen LogP contribution in [0.2, 0.25) is 0 Å². The highest BCUT2D eigenvalue weighted by molar-refractivity contribution is 5.91. The number of ketones is 1. The number of hydrogen-bond donors (Lipinski definition) is 6. The molecule has 3 rings (SSSR count). The van der Waals surface area contributed by atoms with Crippen LogP contribution in [0.25, 0.3) is 0 Å². The lowest BCUT2D eigenvalue weighted by molar-refractivity contribution is -0.425. The lowest BCUT2D eigenvalue weighted by Crippen LogP contribution is -2.78. The summed E-state index contributed by atoms with van der Waals surface area (Å²) < 4.78 is 16.5. The van der Waals surface area contributed by atoms with Crippen LogP contribution in [0.4, 0.5) is 0 Å². The van der Waals surface area contributed by atoms with E-state index in [-0.39, 0.29) is 0 Å². The Morgan fingerprint density at radius 3 is 2.21 bits per heavy atom. The molecule has 0 radical (unpaired) electrons. The van der Waals surface area contributed by atoms with E-state index in [4.69, 9.17) is 14.2 Å². The maximum absolute atomic E-state index is 12.3. The summed E-state index contributed by atoms with van der Waals surface area (Å²) >= 11 is 0. The first-order valence-corrected chi connectivity index (χ1v) is 7.90. The van der Waals surface area contributed by atoms with Crippen LogP contribution in [0, 0.1) is 0 Å². The van der Waals surface area contributed by atoms with Crippen LogP contribution in [-0.4, -0.2) is 101 Å². The van der Waals surface area contributed by atoms with E-state index in [1.54, 1.807) is 14.1 Å². The van der Waals surface area contributed by atoms with E-state index >= 15 is 0 Å². The van der Waals surface area contributed by atoms with Gasteiger partial charge in [-0.1, -0.05) is 0 Å². The quantitative estimate of drug-likeness (QED) is 0.292. The third kappa shape index (κ3) is 2.42. The van der Waals surface area contributed by atoms with E-state index in [1.807, 2.05) is 0 Å². The number of likely N-dealkylation sites (N-methyl/N-ethyl adjacent to an activating group) is 2. The zero-order valence-electron chi connectivity index (χ0n) is 13.6. The van der Waals surface area contributed by atoms with E-state index in [2.05, 4.69) is 10.6 Å². The van der Waals surface area contributed by atoms with Crippen molar-refractivity contribution in [2.45, 2.75) is 67.7 Å². The fourth-order valence-corrected chi connectivity index (χ4v) is 3.69. The molecular formula is C14H24N2O8. The van der Waals surface area contributed by atoms with Crippen LogP contribution in [0.15, 0.2) is 0 Å². The van der Waals surface area contributed by atoms with Crippen LogP contribution in [-0.2, 0) is 19.0 Å². The largest absolute Gasteiger partial charge is 0.390 e. The first kappa shape index (κ1) is 18.1. The predicted molar refractivity (Wildman–Crippen MR) is 77.8 cm³/mol. The Kier molecular flexibility index (Phi) is 4.71. The summed E-state index contributed by atoms with van der Waals surface area (Å²) in [5, 5.41) is 47.0. The molecule has 1 aliphatic carbocycles. The molecule has 0 aromatic heterocycles. The number of carbonyl (C=O) groups is 1. The van der Waals surface area contributed by atoms with Crippen LogP contribution in [0.1, 0.15) is 6.92 Å². The van der Waals surface area contributed by atoms with E-state index in [0.29, 0.717) is 0 Å². The van der Waals surface area contributed by atoms with Crippen molar-refractivity contribution in [1.82, 2.24) is 10.6 Å². The van der Waals surface area contributed by atoms with Gasteiger partial charge in [-0.05, 0) is 21.0 Å². The van der Waals surface area contributed by atoms with Gasteiger partial charge in [0.2, 0.25) is 12.1 Å². The Bertz CT molecular complexity index is 507. The van der Waals surface area contributed by atoms with Crippen molar-refractivity contribution >= 4 is 5.78 Å². The van der Waals surface area contributed by atoms with Gasteiger partial charge in [0, 0.05) is 0 Å². The maximum atomic E-state index is 12.3. The molecule has 2 heterocycles. The minimum Gasteiger partial charge on any atom is -0.390 e. The van der Waals surface area contributed by atoms with E-state index < -0.39 is 66.6 Å². The van der Waals surface area contributed by atoms with Crippen molar-refractivity contribution in [2.75, 3.05) is 14.1 Å². The van der Waals surface area contributed by atoms with Gasteiger partial charge >= 0.3 is 0 Å². The minimum atomic E-state index is -2.51. The Morgan fingerprint density at radius 1 is 1.00 bits per heavy atom. The lowest BCUT2D eigenvalue weighted by Gasteiger charge is -2.55. The Labute approximate surface area is 138 Å². The molecule has 138 valence electrons. The Hall–Kier alpha value is -0.690. The lowest BCUT2D eigenvalue weighted by atomic mass is 9.80. The van der Waals surface area contributed by atoms with Gasteiger partial charge in [-0.15, -0.1) is 0 Å². The molecule has 3 fully saturated rings. The van der Waals surface area contributed by atoms with Crippen LogP contribution >= 0.6 is 0 Å². The van der Waals surface area contributed by atoms with Crippen molar-refractivity contribution in [3.63, 3.8) is 0 Å². The number of fused-ring (bicyclic) bond motifs is 2. The van der Waals surface area contributed by atoms with E-state index in [0.717, 1.165) is 0 Å². The van der Waals surface area contributed by atoms with Crippen molar-refractivity contribution in [2.24, 2.45) is 0 Å². The summed E-state index contributed by atoms with van der Waals surface area (Å²) in [5.74, 6) is -3.48. The van der Waals surface area contributed by atoms with Gasteiger partial charge in [0.15, 0.2) is 0 Å². The van der Waals surface area contributed by atoms with Crippen molar-refractivity contribution in [3.8, 4) is 0 Å². The van der Waals surface area contributed by atoms with Crippen molar-refractivity contribution in [1.29, 1.82) is 0 Å². The first-order chi connectivity index (χ1) is 11.3.